The molecule has 6 nitrogen and oxygen atoms in total. The van der Waals surface area contributed by atoms with Crippen molar-refractivity contribution in [3.63, 3.8) is 0 Å². The Morgan fingerprint density at radius 2 is 1.70 bits per heavy atom. The van der Waals surface area contributed by atoms with Crippen molar-refractivity contribution < 1.29 is 14.4 Å². The van der Waals surface area contributed by atoms with Gasteiger partial charge in [0.15, 0.2) is 0 Å². The van der Waals surface area contributed by atoms with Crippen LogP contribution in [0.3, 0.4) is 0 Å². The van der Waals surface area contributed by atoms with Crippen molar-refractivity contribution in [1.82, 2.24) is 10.2 Å². The number of rotatable bonds is 4. The summed E-state index contributed by atoms with van der Waals surface area (Å²) in [6, 6.07) is 16.7. The molecule has 0 unspecified atom stereocenters. The van der Waals surface area contributed by atoms with E-state index in [9.17, 15) is 14.4 Å². The SMILES string of the molecule is C=CCN1C(=O)[C@]2(N[C@H](C)[C@@H]3C(=O)N(Cc4ccccc4)C(=O)[C@@H]32)c2ccccc21. The van der Waals surface area contributed by atoms with Crippen LogP contribution in [0.15, 0.2) is 67.3 Å². The molecule has 0 saturated carbocycles. The molecule has 4 atom stereocenters. The van der Waals surface area contributed by atoms with Crippen LogP contribution in [0.4, 0.5) is 5.69 Å². The molecule has 3 amide bonds. The number of hydrogen-bond acceptors (Lipinski definition) is 4. The van der Waals surface area contributed by atoms with Crippen molar-refractivity contribution in [1.29, 1.82) is 0 Å². The van der Waals surface area contributed by atoms with Crippen LogP contribution >= 0.6 is 0 Å². The van der Waals surface area contributed by atoms with Crippen LogP contribution in [-0.2, 0) is 26.5 Å². The van der Waals surface area contributed by atoms with Crippen molar-refractivity contribution >= 4 is 23.4 Å². The molecule has 3 aliphatic heterocycles. The summed E-state index contributed by atoms with van der Waals surface area (Å²) in [7, 11) is 0. The number of nitrogens with zero attached hydrogens (tertiary/aromatic N) is 2. The van der Waals surface area contributed by atoms with Gasteiger partial charge in [-0.1, -0.05) is 54.6 Å². The molecule has 0 aliphatic carbocycles. The van der Waals surface area contributed by atoms with Crippen molar-refractivity contribution in [3.8, 4) is 0 Å². The summed E-state index contributed by atoms with van der Waals surface area (Å²) in [5.74, 6) is -2.01. The Hall–Kier alpha value is -3.25. The Morgan fingerprint density at radius 3 is 2.43 bits per heavy atom. The van der Waals surface area contributed by atoms with Crippen LogP contribution in [0.2, 0.25) is 0 Å². The summed E-state index contributed by atoms with van der Waals surface area (Å²) in [6.07, 6.45) is 1.67. The lowest BCUT2D eigenvalue weighted by Crippen LogP contribution is -2.54. The highest BCUT2D eigenvalue weighted by molar-refractivity contribution is 6.16. The number of carbonyl (C=O) groups is 3. The molecule has 2 aromatic rings. The minimum atomic E-state index is -1.22. The smallest absolute Gasteiger partial charge is 0.253 e. The Balaban J connectivity index is 1.60. The Kier molecular flexibility index (Phi) is 4.15. The average Bonchev–Trinajstić information content (AvgIpc) is 3.29. The predicted octanol–water partition coefficient (Wildman–Crippen LogP) is 2.21. The molecule has 3 heterocycles. The Bertz CT molecular complexity index is 1070. The number of amides is 3. The maximum atomic E-state index is 13.7. The van der Waals surface area contributed by atoms with Gasteiger partial charge in [-0.05, 0) is 18.6 Å². The second-order valence-corrected chi connectivity index (χ2v) is 8.21. The first-order valence-corrected chi connectivity index (χ1v) is 10.2. The van der Waals surface area contributed by atoms with E-state index in [4.69, 9.17) is 0 Å². The van der Waals surface area contributed by atoms with Gasteiger partial charge in [-0.2, -0.15) is 0 Å². The van der Waals surface area contributed by atoms with Crippen LogP contribution < -0.4 is 10.2 Å². The highest BCUT2D eigenvalue weighted by Gasteiger charge is 2.70. The van der Waals surface area contributed by atoms with Gasteiger partial charge in [0.1, 0.15) is 5.54 Å². The maximum Gasteiger partial charge on any atom is 0.253 e. The number of carbonyl (C=O) groups excluding carboxylic acids is 3. The van der Waals surface area contributed by atoms with E-state index in [0.29, 0.717) is 6.54 Å². The molecule has 1 spiro atoms. The standard InChI is InChI=1S/C24H23N3O3/c1-3-13-26-18-12-8-7-11-17(18)24(23(26)30)20-19(15(2)25-24)21(28)27(22(20)29)14-16-9-5-4-6-10-16/h3-12,15,19-20,25H,1,13-14H2,2H3/t15-,19+,20-,24+/m1/s1. The number of para-hydroxylation sites is 1. The van der Waals surface area contributed by atoms with Crippen molar-refractivity contribution in [2.75, 3.05) is 11.4 Å². The summed E-state index contributed by atoms with van der Waals surface area (Å²) in [5.41, 5.74) is 1.20. The molecule has 1 N–H and O–H groups in total. The van der Waals surface area contributed by atoms with Gasteiger partial charge in [0, 0.05) is 23.8 Å². The molecule has 0 aromatic heterocycles. The third kappa shape index (κ3) is 2.31. The fourth-order valence-electron chi connectivity index (χ4n) is 5.40. The number of fused-ring (bicyclic) bond motifs is 4. The first kappa shape index (κ1) is 18.8. The zero-order valence-electron chi connectivity index (χ0n) is 16.7. The quantitative estimate of drug-likeness (QED) is 0.630. The number of imide groups is 1. The summed E-state index contributed by atoms with van der Waals surface area (Å²) in [4.78, 5) is 43.6. The molecule has 30 heavy (non-hydrogen) atoms. The van der Waals surface area contributed by atoms with Gasteiger partial charge in [0.25, 0.3) is 5.91 Å². The number of benzene rings is 2. The Morgan fingerprint density at radius 1 is 1.00 bits per heavy atom. The summed E-state index contributed by atoms with van der Waals surface area (Å²) >= 11 is 0. The normalized spacial score (nSPS) is 29.6. The lowest BCUT2D eigenvalue weighted by molar-refractivity contribution is -0.143. The van der Waals surface area contributed by atoms with Crippen LogP contribution in [0.5, 0.6) is 0 Å². The molecule has 0 bridgehead atoms. The molecule has 3 aliphatic rings. The fourth-order valence-corrected chi connectivity index (χ4v) is 5.40. The zero-order chi connectivity index (χ0) is 21.0. The van der Waals surface area contributed by atoms with E-state index >= 15 is 0 Å². The van der Waals surface area contributed by atoms with Gasteiger partial charge < -0.3 is 4.90 Å². The molecule has 2 aromatic carbocycles. The molecule has 2 fully saturated rings. The monoisotopic (exact) mass is 401 g/mol. The van der Waals surface area contributed by atoms with E-state index in [1.54, 1.807) is 11.0 Å². The van der Waals surface area contributed by atoms with Crippen molar-refractivity contribution in [3.05, 3.63) is 78.4 Å². The Labute approximate surface area is 175 Å². The lowest BCUT2D eigenvalue weighted by Gasteiger charge is -2.30. The van der Waals surface area contributed by atoms with Gasteiger partial charge in [-0.15, -0.1) is 6.58 Å². The average molecular weight is 401 g/mol. The largest absolute Gasteiger partial charge is 0.306 e. The molecule has 152 valence electrons. The van der Waals surface area contributed by atoms with Gasteiger partial charge in [0.2, 0.25) is 11.8 Å². The van der Waals surface area contributed by atoms with E-state index in [1.807, 2.05) is 61.5 Å². The minimum Gasteiger partial charge on any atom is -0.306 e. The molecule has 6 heteroatoms. The third-order valence-corrected chi connectivity index (χ3v) is 6.60. The lowest BCUT2D eigenvalue weighted by atomic mass is 9.76. The van der Waals surface area contributed by atoms with E-state index in [1.165, 1.54) is 4.90 Å². The van der Waals surface area contributed by atoms with E-state index < -0.39 is 17.4 Å². The van der Waals surface area contributed by atoms with E-state index in [2.05, 4.69) is 11.9 Å². The van der Waals surface area contributed by atoms with Gasteiger partial charge in [-0.25, -0.2) is 0 Å². The molecule has 2 saturated heterocycles. The minimum absolute atomic E-state index is 0.189. The van der Waals surface area contributed by atoms with Crippen LogP contribution in [0.25, 0.3) is 0 Å². The van der Waals surface area contributed by atoms with Crippen molar-refractivity contribution in [2.45, 2.75) is 25.0 Å². The van der Waals surface area contributed by atoms with Gasteiger partial charge in [0.05, 0.1) is 18.4 Å². The number of hydrogen-bond donors (Lipinski definition) is 1. The van der Waals surface area contributed by atoms with Crippen LogP contribution in [-0.4, -0.2) is 35.2 Å². The van der Waals surface area contributed by atoms with Gasteiger partial charge >= 0.3 is 0 Å². The zero-order valence-corrected chi connectivity index (χ0v) is 16.7. The fraction of sp³-hybridized carbons (Fsp3) is 0.292. The topological polar surface area (TPSA) is 69.7 Å². The second kappa shape index (κ2) is 6.64. The first-order valence-electron chi connectivity index (χ1n) is 10.2. The van der Waals surface area contributed by atoms with E-state index in [-0.39, 0.29) is 30.3 Å². The molecule has 5 rings (SSSR count). The summed E-state index contributed by atoms with van der Waals surface area (Å²) < 4.78 is 0. The molecular weight excluding hydrogens is 378 g/mol. The number of likely N-dealkylation sites (tertiary alicyclic amines) is 1. The van der Waals surface area contributed by atoms with Crippen LogP contribution in [0.1, 0.15) is 18.1 Å². The number of anilines is 1. The first-order chi connectivity index (χ1) is 14.5. The highest BCUT2D eigenvalue weighted by atomic mass is 16.2. The van der Waals surface area contributed by atoms with Gasteiger partial charge in [-0.3, -0.25) is 24.6 Å². The molecule has 0 radical (unpaired) electrons. The predicted molar refractivity (Wildman–Crippen MR) is 112 cm³/mol. The van der Waals surface area contributed by atoms with Crippen molar-refractivity contribution in [2.24, 2.45) is 11.8 Å². The second-order valence-electron chi connectivity index (χ2n) is 8.21. The highest BCUT2D eigenvalue weighted by Crippen LogP contribution is 2.54. The number of nitrogens with one attached hydrogen (secondary N) is 1. The maximum absolute atomic E-state index is 13.7. The van der Waals surface area contributed by atoms with Crippen LogP contribution in [0, 0.1) is 11.8 Å². The molecular formula is C24H23N3O3. The van der Waals surface area contributed by atoms with E-state index in [0.717, 1.165) is 16.8 Å². The third-order valence-electron chi connectivity index (χ3n) is 6.60. The summed E-state index contributed by atoms with van der Waals surface area (Å²) in [5, 5.41) is 3.38. The summed E-state index contributed by atoms with van der Waals surface area (Å²) in [6.45, 7) is 6.23.